The summed E-state index contributed by atoms with van der Waals surface area (Å²) in [6.45, 7) is 3.96. The molecule has 0 saturated carbocycles. The number of carbonyl (C=O) groups excluding carboxylic acids is 2. The third-order valence-corrected chi connectivity index (χ3v) is 4.68. The molecule has 2 amide bonds. The number of benzene rings is 2. The van der Waals surface area contributed by atoms with Crippen LogP contribution in [0.2, 0.25) is 5.02 Å². The number of amides is 2. The molecule has 0 saturated heterocycles. The van der Waals surface area contributed by atoms with Crippen molar-refractivity contribution in [3.8, 4) is 17.2 Å². The summed E-state index contributed by atoms with van der Waals surface area (Å²) in [4.78, 5) is 26.8. The van der Waals surface area contributed by atoms with E-state index < -0.39 is 6.04 Å². The predicted molar refractivity (Wildman–Crippen MR) is 115 cm³/mol. The largest absolute Gasteiger partial charge is 0.496 e. The molecule has 0 aliphatic carbocycles. The zero-order valence-corrected chi connectivity index (χ0v) is 18.4. The lowest BCUT2D eigenvalue weighted by atomic mass is 10.1. The highest BCUT2D eigenvalue weighted by Gasteiger charge is 2.26. The van der Waals surface area contributed by atoms with Crippen molar-refractivity contribution in [3.63, 3.8) is 0 Å². The van der Waals surface area contributed by atoms with Gasteiger partial charge in [-0.2, -0.15) is 0 Å². The van der Waals surface area contributed by atoms with E-state index in [1.807, 2.05) is 13.0 Å². The molecule has 0 bridgehead atoms. The van der Waals surface area contributed by atoms with Crippen LogP contribution in [-0.4, -0.2) is 50.1 Å². The average Bonchev–Trinajstić information content (AvgIpc) is 2.75. The van der Waals surface area contributed by atoms with Crippen molar-refractivity contribution in [1.29, 1.82) is 0 Å². The molecule has 0 spiro atoms. The number of hydrogen-bond donors (Lipinski definition) is 1. The van der Waals surface area contributed by atoms with E-state index in [2.05, 4.69) is 5.32 Å². The Morgan fingerprint density at radius 2 is 1.70 bits per heavy atom. The smallest absolute Gasteiger partial charge is 0.261 e. The highest BCUT2D eigenvalue weighted by molar-refractivity contribution is 6.30. The van der Waals surface area contributed by atoms with Crippen molar-refractivity contribution in [2.24, 2.45) is 0 Å². The summed E-state index contributed by atoms with van der Waals surface area (Å²) < 4.78 is 16.1. The van der Waals surface area contributed by atoms with Gasteiger partial charge in [0.25, 0.3) is 5.91 Å². The van der Waals surface area contributed by atoms with Gasteiger partial charge in [0.2, 0.25) is 5.91 Å². The molecule has 0 heterocycles. The summed E-state index contributed by atoms with van der Waals surface area (Å²) >= 11 is 6.07. The van der Waals surface area contributed by atoms with E-state index in [0.29, 0.717) is 28.8 Å². The van der Waals surface area contributed by atoms with E-state index in [-0.39, 0.29) is 25.0 Å². The van der Waals surface area contributed by atoms with Gasteiger partial charge >= 0.3 is 0 Å². The van der Waals surface area contributed by atoms with Gasteiger partial charge in [0, 0.05) is 36.3 Å². The number of ether oxygens (including phenoxy) is 3. The number of halogens is 1. The molecule has 2 aromatic carbocycles. The first kappa shape index (κ1) is 23.3. The van der Waals surface area contributed by atoms with Crippen molar-refractivity contribution in [2.45, 2.75) is 26.4 Å². The number of rotatable bonds is 10. The second-order valence-electron chi connectivity index (χ2n) is 6.56. The predicted octanol–water partition coefficient (Wildman–Crippen LogP) is 3.29. The highest BCUT2D eigenvalue weighted by atomic mass is 35.5. The van der Waals surface area contributed by atoms with Gasteiger partial charge in [-0.3, -0.25) is 9.59 Å². The van der Waals surface area contributed by atoms with Gasteiger partial charge in [0.1, 0.15) is 23.3 Å². The summed E-state index contributed by atoms with van der Waals surface area (Å²) in [5.74, 6) is 0.936. The Morgan fingerprint density at radius 3 is 2.27 bits per heavy atom. The lowest BCUT2D eigenvalue weighted by Gasteiger charge is -2.28. The molecule has 0 radical (unpaired) electrons. The molecule has 1 atom stereocenters. The standard InChI is InChI=1S/C22H27ClN2O5/c1-5-24-22(27)15(2)25(13-16-7-6-8-17(23)9-16)21(26)14-30-20-11-18(28-3)10-19(12-20)29-4/h6-12,15H,5,13-14H2,1-4H3,(H,24,27). The maximum Gasteiger partial charge on any atom is 0.261 e. The summed E-state index contributed by atoms with van der Waals surface area (Å²) in [5, 5.41) is 3.31. The maximum absolute atomic E-state index is 13.0. The first-order valence-electron chi connectivity index (χ1n) is 9.55. The van der Waals surface area contributed by atoms with Crippen LogP contribution in [-0.2, 0) is 16.1 Å². The number of nitrogens with one attached hydrogen (secondary N) is 1. The minimum atomic E-state index is -0.681. The molecule has 0 aliphatic rings. The molecule has 2 aromatic rings. The molecule has 0 aliphatic heterocycles. The summed E-state index contributed by atoms with van der Waals surface area (Å²) in [6, 6.07) is 11.5. The van der Waals surface area contributed by atoms with Crippen LogP contribution >= 0.6 is 11.6 Å². The zero-order chi connectivity index (χ0) is 22.1. The Balaban J connectivity index is 2.18. The molecule has 30 heavy (non-hydrogen) atoms. The van der Waals surface area contributed by atoms with Gasteiger partial charge in [-0.25, -0.2) is 0 Å². The zero-order valence-electron chi connectivity index (χ0n) is 17.6. The quantitative estimate of drug-likeness (QED) is 0.621. The fraction of sp³-hybridized carbons (Fsp3) is 0.364. The Bertz CT molecular complexity index is 852. The second-order valence-corrected chi connectivity index (χ2v) is 7.00. The monoisotopic (exact) mass is 434 g/mol. The van der Waals surface area contributed by atoms with Crippen LogP contribution < -0.4 is 19.5 Å². The van der Waals surface area contributed by atoms with Gasteiger partial charge in [-0.1, -0.05) is 23.7 Å². The SMILES string of the molecule is CCNC(=O)C(C)N(Cc1cccc(Cl)c1)C(=O)COc1cc(OC)cc(OC)c1. The number of methoxy groups -OCH3 is 2. The van der Waals surface area contributed by atoms with Crippen LogP contribution in [0.15, 0.2) is 42.5 Å². The van der Waals surface area contributed by atoms with E-state index in [9.17, 15) is 9.59 Å². The van der Waals surface area contributed by atoms with E-state index in [1.165, 1.54) is 19.1 Å². The summed E-state index contributed by atoms with van der Waals surface area (Å²) in [7, 11) is 3.06. The second kappa shape index (κ2) is 11.3. The number of likely N-dealkylation sites (N-methyl/N-ethyl adjacent to an activating group) is 1. The molecule has 2 rings (SSSR count). The average molecular weight is 435 g/mol. The van der Waals surface area contributed by atoms with E-state index in [1.54, 1.807) is 43.3 Å². The van der Waals surface area contributed by atoms with Crippen molar-refractivity contribution in [2.75, 3.05) is 27.4 Å². The van der Waals surface area contributed by atoms with Gasteiger partial charge in [-0.05, 0) is 31.5 Å². The molecule has 0 fully saturated rings. The van der Waals surface area contributed by atoms with E-state index in [0.717, 1.165) is 5.56 Å². The summed E-state index contributed by atoms with van der Waals surface area (Å²) in [5.41, 5.74) is 0.815. The van der Waals surface area contributed by atoms with Gasteiger partial charge in [-0.15, -0.1) is 0 Å². The number of carbonyl (C=O) groups is 2. The first-order chi connectivity index (χ1) is 14.4. The third kappa shape index (κ3) is 6.56. The fourth-order valence-corrected chi connectivity index (χ4v) is 3.04. The minimum Gasteiger partial charge on any atom is -0.496 e. The van der Waals surface area contributed by atoms with Crippen LogP contribution in [0.5, 0.6) is 17.2 Å². The lowest BCUT2D eigenvalue weighted by molar-refractivity contribution is -0.142. The minimum absolute atomic E-state index is 0.225. The lowest BCUT2D eigenvalue weighted by Crippen LogP contribution is -2.49. The molecule has 1 N–H and O–H groups in total. The molecule has 0 aromatic heterocycles. The molecule has 8 heteroatoms. The maximum atomic E-state index is 13.0. The van der Waals surface area contributed by atoms with Crippen LogP contribution in [0, 0.1) is 0 Å². The molecule has 1 unspecified atom stereocenters. The Hall–Kier alpha value is -2.93. The van der Waals surface area contributed by atoms with Crippen molar-refractivity contribution in [3.05, 3.63) is 53.1 Å². The van der Waals surface area contributed by atoms with E-state index >= 15 is 0 Å². The Kier molecular flexibility index (Phi) is 8.80. The first-order valence-corrected chi connectivity index (χ1v) is 9.93. The van der Waals surface area contributed by atoms with Crippen molar-refractivity contribution in [1.82, 2.24) is 10.2 Å². The Labute approximate surface area is 181 Å². The van der Waals surface area contributed by atoms with Gasteiger partial charge in [0.15, 0.2) is 6.61 Å². The van der Waals surface area contributed by atoms with Crippen LogP contribution in [0.1, 0.15) is 19.4 Å². The molecular weight excluding hydrogens is 408 g/mol. The van der Waals surface area contributed by atoms with Gasteiger partial charge < -0.3 is 24.4 Å². The third-order valence-electron chi connectivity index (χ3n) is 4.45. The number of nitrogens with zero attached hydrogens (tertiary/aromatic N) is 1. The fourth-order valence-electron chi connectivity index (χ4n) is 2.83. The normalized spacial score (nSPS) is 11.4. The summed E-state index contributed by atoms with van der Waals surface area (Å²) in [6.07, 6.45) is 0. The molecule has 7 nitrogen and oxygen atoms in total. The van der Waals surface area contributed by atoms with Crippen LogP contribution in [0.3, 0.4) is 0 Å². The number of hydrogen-bond acceptors (Lipinski definition) is 5. The van der Waals surface area contributed by atoms with Crippen LogP contribution in [0.4, 0.5) is 0 Å². The molecule has 162 valence electrons. The highest BCUT2D eigenvalue weighted by Crippen LogP contribution is 2.27. The topological polar surface area (TPSA) is 77.1 Å². The van der Waals surface area contributed by atoms with Crippen molar-refractivity contribution < 1.29 is 23.8 Å². The van der Waals surface area contributed by atoms with E-state index in [4.69, 9.17) is 25.8 Å². The molecular formula is C22H27ClN2O5. The van der Waals surface area contributed by atoms with Gasteiger partial charge in [0.05, 0.1) is 14.2 Å². The van der Waals surface area contributed by atoms with Crippen LogP contribution in [0.25, 0.3) is 0 Å². The Morgan fingerprint density at radius 1 is 1.07 bits per heavy atom. The van der Waals surface area contributed by atoms with Crippen molar-refractivity contribution >= 4 is 23.4 Å².